The first-order valence-corrected chi connectivity index (χ1v) is 6.56. The number of esters is 1. The number of benzene rings is 2. The molecule has 0 aliphatic heterocycles. The van der Waals surface area contributed by atoms with Crippen LogP contribution in [-0.2, 0) is 4.79 Å². The van der Waals surface area contributed by atoms with Crippen molar-refractivity contribution in [3.63, 3.8) is 0 Å². The summed E-state index contributed by atoms with van der Waals surface area (Å²) in [6.45, 7) is -0.192. The number of carbonyl (C=O) groups is 1. The third kappa shape index (κ3) is 4.11. The van der Waals surface area contributed by atoms with E-state index in [0.29, 0.717) is 17.1 Å². The van der Waals surface area contributed by atoms with Crippen molar-refractivity contribution >= 4 is 21.9 Å². The van der Waals surface area contributed by atoms with Crippen LogP contribution in [0.1, 0.15) is 5.56 Å². The molecule has 0 bridgehead atoms. The van der Waals surface area contributed by atoms with Crippen molar-refractivity contribution in [2.45, 2.75) is 0 Å². The lowest BCUT2D eigenvalue weighted by Gasteiger charge is -2.06. The van der Waals surface area contributed by atoms with E-state index in [9.17, 15) is 4.79 Å². The van der Waals surface area contributed by atoms with E-state index in [4.69, 9.17) is 14.7 Å². The van der Waals surface area contributed by atoms with Crippen molar-refractivity contribution in [3.8, 4) is 17.6 Å². The Bertz CT molecular complexity index is 630. The van der Waals surface area contributed by atoms with E-state index in [-0.39, 0.29) is 6.61 Å². The fourth-order valence-corrected chi connectivity index (χ4v) is 1.70. The van der Waals surface area contributed by atoms with Crippen LogP contribution in [0.2, 0.25) is 0 Å². The number of halogens is 1. The zero-order valence-electron chi connectivity index (χ0n) is 10.4. The molecule has 0 aliphatic rings. The molecule has 0 saturated heterocycles. The van der Waals surface area contributed by atoms with Crippen LogP contribution in [0.3, 0.4) is 0 Å². The summed E-state index contributed by atoms with van der Waals surface area (Å²) in [7, 11) is 0. The Morgan fingerprint density at radius 2 is 1.65 bits per heavy atom. The first-order chi connectivity index (χ1) is 9.67. The van der Waals surface area contributed by atoms with Crippen molar-refractivity contribution in [2.75, 3.05) is 6.61 Å². The second kappa shape index (κ2) is 6.73. The minimum atomic E-state index is -0.489. The van der Waals surface area contributed by atoms with E-state index < -0.39 is 5.97 Å². The second-order valence-corrected chi connectivity index (χ2v) is 4.77. The summed E-state index contributed by atoms with van der Waals surface area (Å²) in [5, 5.41) is 8.66. The Labute approximate surface area is 124 Å². The molecule has 0 unspecified atom stereocenters. The number of nitriles is 1. The van der Waals surface area contributed by atoms with E-state index in [1.807, 2.05) is 6.07 Å². The number of rotatable bonds is 4. The average Bonchev–Trinajstić information content (AvgIpc) is 2.48. The molecule has 4 nitrogen and oxygen atoms in total. The average molecular weight is 332 g/mol. The van der Waals surface area contributed by atoms with Crippen molar-refractivity contribution in [2.24, 2.45) is 0 Å². The molecule has 2 rings (SSSR count). The van der Waals surface area contributed by atoms with Gasteiger partial charge in [-0.2, -0.15) is 5.26 Å². The van der Waals surface area contributed by atoms with Gasteiger partial charge in [0.1, 0.15) is 11.5 Å². The molecule has 2 aromatic carbocycles. The van der Waals surface area contributed by atoms with E-state index in [1.165, 1.54) is 0 Å². The van der Waals surface area contributed by atoms with Gasteiger partial charge in [-0.15, -0.1) is 0 Å². The highest BCUT2D eigenvalue weighted by molar-refractivity contribution is 9.10. The molecule has 0 heterocycles. The van der Waals surface area contributed by atoms with Gasteiger partial charge in [0.05, 0.1) is 11.6 Å². The number of hydrogen-bond donors (Lipinski definition) is 0. The third-order valence-corrected chi connectivity index (χ3v) is 2.91. The summed E-state index contributed by atoms with van der Waals surface area (Å²) in [4.78, 5) is 11.6. The van der Waals surface area contributed by atoms with Crippen molar-refractivity contribution in [3.05, 3.63) is 58.6 Å². The Balaban J connectivity index is 1.85. The molecule has 0 aromatic heterocycles. The van der Waals surface area contributed by atoms with Crippen LogP contribution in [-0.4, -0.2) is 12.6 Å². The van der Waals surface area contributed by atoms with E-state index in [2.05, 4.69) is 15.9 Å². The quantitative estimate of drug-likeness (QED) is 0.637. The first kappa shape index (κ1) is 14.1. The predicted octanol–water partition coefficient (Wildman–Crippen LogP) is 3.31. The molecule has 0 radical (unpaired) electrons. The normalized spacial score (nSPS) is 9.60. The van der Waals surface area contributed by atoms with Crippen LogP contribution in [0.4, 0.5) is 0 Å². The lowest BCUT2D eigenvalue weighted by molar-refractivity contribution is -0.136. The van der Waals surface area contributed by atoms with Gasteiger partial charge >= 0.3 is 5.97 Å². The molecule has 5 heteroatoms. The molecule has 20 heavy (non-hydrogen) atoms. The molecule has 2 aromatic rings. The van der Waals surface area contributed by atoms with Gasteiger partial charge in [-0.05, 0) is 48.5 Å². The van der Waals surface area contributed by atoms with Crippen LogP contribution in [0.25, 0.3) is 0 Å². The van der Waals surface area contributed by atoms with Gasteiger partial charge in [-0.1, -0.05) is 15.9 Å². The molecule has 0 amide bonds. The maximum Gasteiger partial charge on any atom is 0.349 e. The minimum absolute atomic E-state index is 0.192. The van der Waals surface area contributed by atoms with Crippen molar-refractivity contribution in [1.82, 2.24) is 0 Å². The van der Waals surface area contributed by atoms with Crippen LogP contribution in [0, 0.1) is 11.3 Å². The lowest BCUT2D eigenvalue weighted by Crippen LogP contribution is -2.17. The summed E-state index contributed by atoms with van der Waals surface area (Å²) < 4.78 is 11.3. The summed E-state index contributed by atoms with van der Waals surface area (Å²) in [6.07, 6.45) is 0. The molecule has 0 atom stereocenters. The number of hydrogen-bond acceptors (Lipinski definition) is 4. The van der Waals surface area contributed by atoms with Crippen LogP contribution in [0.5, 0.6) is 11.5 Å². The van der Waals surface area contributed by atoms with Gasteiger partial charge < -0.3 is 9.47 Å². The topological polar surface area (TPSA) is 59.3 Å². The van der Waals surface area contributed by atoms with E-state index in [1.54, 1.807) is 48.5 Å². The Kier molecular flexibility index (Phi) is 4.75. The molecule has 100 valence electrons. The fourth-order valence-electron chi connectivity index (χ4n) is 1.43. The lowest BCUT2D eigenvalue weighted by atomic mass is 10.2. The van der Waals surface area contributed by atoms with Crippen LogP contribution in [0.15, 0.2) is 53.0 Å². The molecule has 0 N–H and O–H groups in total. The predicted molar refractivity (Wildman–Crippen MR) is 76.4 cm³/mol. The molecule has 0 fully saturated rings. The highest BCUT2D eigenvalue weighted by Gasteiger charge is 2.06. The van der Waals surface area contributed by atoms with Gasteiger partial charge in [-0.25, -0.2) is 4.79 Å². The molecular formula is C15H10BrNO3. The van der Waals surface area contributed by atoms with E-state index >= 15 is 0 Å². The standard InChI is InChI=1S/C15H10BrNO3/c16-12-3-7-14(8-4-12)20-15(18)10-19-13-5-1-11(9-17)2-6-13/h1-8H,10H2. The van der Waals surface area contributed by atoms with Crippen molar-refractivity contribution < 1.29 is 14.3 Å². The first-order valence-electron chi connectivity index (χ1n) is 5.76. The highest BCUT2D eigenvalue weighted by Crippen LogP contribution is 2.16. The van der Waals surface area contributed by atoms with Crippen molar-refractivity contribution in [1.29, 1.82) is 5.26 Å². The zero-order valence-corrected chi connectivity index (χ0v) is 12.0. The number of nitrogens with zero attached hydrogens (tertiary/aromatic N) is 1. The second-order valence-electron chi connectivity index (χ2n) is 3.85. The van der Waals surface area contributed by atoms with Gasteiger partial charge in [0.25, 0.3) is 0 Å². The number of carbonyl (C=O) groups excluding carboxylic acids is 1. The molecule has 0 saturated carbocycles. The fraction of sp³-hybridized carbons (Fsp3) is 0.0667. The Morgan fingerprint density at radius 3 is 2.25 bits per heavy atom. The smallest absolute Gasteiger partial charge is 0.349 e. The molecular weight excluding hydrogens is 322 g/mol. The highest BCUT2D eigenvalue weighted by atomic mass is 79.9. The SMILES string of the molecule is N#Cc1ccc(OCC(=O)Oc2ccc(Br)cc2)cc1. The monoisotopic (exact) mass is 331 g/mol. The minimum Gasteiger partial charge on any atom is -0.482 e. The number of ether oxygens (including phenoxy) is 2. The van der Waals surface area contributed by atoms with Crippen LogP contribution < -0.4 is 9.47 Å². The van der Waals surface area contributed by atoms with Gasteiger partial charge in [0, 0.05) is 4.47 Å². The van der Waals surface area contributed by atoms with E-state index in [0.717, 1.165) is 4.47 Å². The van der Waals surface area contributed by atoms with Gasteiger partial charge in [0.2, 0.25) is 0 Å². The summed E-state index contributed by atoms with van der Waals surface area (Å²) in [6, 6.07) is 15.4. The van der Waals surface area contributed by atoms with Crippen LogP contribution >= 0.6 is 15.9 Å². The zero-order chi connectivity index (χ0) is 14.4. The Hall–Kier alpha value is -2.32. The Morgan fingerprint density at radius 1 is 1.05 bits per heavy atom. The summed E-state index contributed by atoms with van der Waals surface area (Å²) in [5.74, 6) is 0.482. The van der Waals surface area contributed by atoms with Gasteiger partial charge in [0.15, 0.2) is 6.61 Å². The maximum absolute atomic E-state index is 11.6. The molecule has 0 spiro atoms. The molecule has 0 aliphatic carbocycles. The van der Waals surface area contributed by atoms with Gasteiger partial charge in [-0.3, -0.25) is 0 Å². The summed E-state index contributed by atoms with van der Waals surface area (Å²) in [5.41, 5.74) is 0.537. The summed E-state index contributed by atoms with van der Waals surface area (Å²) >= 11 is 3.30. The maximum atomic E-state index is 11.6. The third-order valence-electron chi connectivity index (χ3n) is 2.39. The largest absolute Gasteiger partial charge is 0.482 e.